The minimum atomic E-state index is -0.254. The molecule has 1 aromatic rings. The van der Waals surface area contributed by atoms with Crippen molar-refractivity contribution in [2.45, 2.75) is 32.0 Å². The van der Waals surface area contributed by atoms with Crippen LogP contribution >= 0.6 is 0 Å². The van der Waals surface area contributed by atoms with Gasteiger partial charge in [-0.1, -0.05) is 6.07 Å². The van der Waals surface area contributed by atoms with Crippen LogP contribution in [-0.2, 0) is 4.79 Å². The number of hydrogen-bond acceptors (Lipinski definition) is 3. The van der Waals surface area contributed by atoms with Crippen LogP contribution in [0.1, 0.15) is 24.1 Å². The first-order chi connectivity index (χ1) is 8.11. The van der Waals surface area contributed by atoms with E-state index < -0.39 is 0 Å². The van der Waals surface area contributed by atoms with Gasteiger partial charge in [0.05, 0.1) is 12.1 Å². The van der Waals surface area contributed by atoms with Crippen LogP contribution in [0.2, 0.25) is 0 Å². The fraction of sp³-hybridized carbons (Fsp3) is 0.462. The Labute approximate surface area is 100 Å². The fourth-order valence-corrected chi connectivity index (χ4v) is 2.30. The van der Waals surface area contributed by atoms with Crippen LogP contribution in [0.5, 0.6) is 0 Å². The van der Waals surface area contributed by atoms with E-state index in [2.05, 4.69) is 17.6 Å². The normalized spacial score (nSPS) is 29.0. The highest BCUT2D eigenvalue weighted by molar-refractivity contribution is 5.60. The van der Waals surface area contributed by atoms with Crippen molar-refractivity contribution >= 4 is 6.29 Å². The van der Waals surface area contributed by atoms with Gasteiger partial charge in [0.25, 0.3) is 0 Å². The lowest BCUT2D eigenvalue weighted by atomic mass is 9.93. The molecule has 2 rings (SSSR count). The van der Waals surface area contributed by atoms with Crippen molar-refractivity contribution in [3.05, 3.63) is 35.1 Å². The van der Waals surface area contributed by atoms with Crippen LogP contribution < -0.4 is 10.6 Å². The van der Waals surface area contributed by atoms with E-state index in [1.54, 1.807) is 6.07 Å². The Morgan fingerprint density at radius 2 is 2.24 bits per heavy atom. The molecular formula is C13H17FN2O. The molecule has 1 aromatic carbocycles. The smallest absolute Gasteiger partial charge is 0.138 e. The van der Waals surface area contributed by atoms with Crippen molar-refractivity contribution in [3.63, 3.8) is 0 Å². The lowest BCUT2D eigenvalue weighted by Crippen LogP contribution is -2.55. The second-order valence-electron chi connectivity index (χ2n) is 4.62. The highest BCUT2D eigenvalue weighted by atomic mass is 19.1. The second-order valence-corrected chi connectivity index (χ2v) is 4.62. The molecule has 0 amide bonds. The predicted octanol–water partition coefficient (Wildman–Crippen LogP) is 1.32. The zero-order valence-electron chi connectivity index (χ0n) is 10.0. The average Bonchev–Trinajstić information content (AvgIpc) is 2.29. The summed E-state index contributed by atoms with van der Waals surface area (Å²) in [6, 6.07) is 4.63. The monoisotopic (exact) mass is 236 g/mol. The summed E-state index contributed by atoms with van der Waals surface area (Å²) in [4.78, 5) is 11.1. The molecular weight excluding hydrogens is 219 g/mol. The predicted molar refractivity (Wildman–Crippen MR) is 64.3 cm³/mol. The van der Waals surface area contributed by atoms with E-state index in [0.29, 0.717) is 6.04 Å². The molecule has 1 saturated heterocycles. The quantitative estimate of drug-likeness (QED) is 0.761. The van der Waals surface area contributed by atoms with Gasteiger partial charge in [-0.05, 0) is 37.1 Å². The molecule has 2 N–H and O–H groups in total. The highest BCUT2D eigenvalue weighted by Crippen LogP contribution is 2.23. The van der Waals surface area contributed by atoms with Crippen molar-refractivity contribution < 1.29 is 9.18 Å². The Bertz CT molecular complexity index is 422. The Morgan fingerprint density at radius 3 is 2.88 bits per heavy atom. The molecule has 3 atom stereocenters. The number of halogens is 1. The number of carbonyl (C=O) groups is 1. The lowest BCUT2D eigenvalue weighted by molar-refractivity contribution is -0.110. The van der Waals surface area contributed by atoms with E-state index in [1.165, 1.54) is 12.1 Å². The number of nitrogens with one attached hydrogen (secondary N) is 2. The van der Waals surface area contributed by atoms with Crippen molar-refractivity contribution in [1.82, 2.24) is 10.6 Å². The summed E-state index contributed by atoms with van der Waals surface area (Å²) in [6.07, 6.45) is 0.909. The maximum atomic E-state index is 13.1. The van der Waals surface area contributed by atoms with E-state index >= 15 is 0 Å². The second kappa shape index (κ2) is 4.94. The molecule has 0 aliphatic carbocycles. The molecule has 1 aliphatic heterocycles. The average molecular weight is 236 g/mol. The molecule has 92 valence electrons. The molecule has 0 spiro atoms. The summed E-state index contributed by atoms with van der Waals surface area (Å²) in [6.45, 7) is 4.68. The Morgan fingerprint density at radius 1 is 1.47 bits per heavy atom. The van der Waals surface area contributed by atoms with Gasteiger partial charge >= 0.3 is 0 Å². The van der Waals surface area contributed by atoms with Gasteiger partial charge in [-0.15, -0.1) is 0 Å². The molecule has 1 fully saturated rings. The molecule has 0 aromatic heterocycles. The van der Waals surface area contributed by atoms with Crippen molar-refractivity contribution in [2.24, 2.45) is 0 Å². The molecule has 0 bridgehead atoms. The SMILES string of the molecule is Cc1cc(F)ccc1C1NC(C)CNC1C=O. The molecule has 4 heteroatoms. The molecule has 17 heavy (non-hydrogen) atoms. The topological polar surface area (TPSA) is 41.1 Å². The third-order valence-electron chi connectivity index (χ3n) is 3.20. The number of benzene rings is 1. The van der Waals surface area contributed by atoms with Crippen LogP contribution in [-0.4, -0.2) is 24.9 Å². The largest absolute Gasteiger partial charge is 0.305 e. The maximum Gasteiger partial charge on any atom is 0.138 e. The third-order valence-corrected chi connectivity index (χ3v) is 3.20. The highest BCUT2D eigenvalue weighted by Gasteiger charge is 2.29. The zero-order chi connectivity index (χ0) is 12.4. The minimum absolute atomic E-state index is 0.0863. The van der Waals surface area contributed by atoms with Gasteiger partial charge < -0.3 is 15.4 Å². The molecule has 1 heterocycles. The van der Waals surface area contributed by atoms with Gasteiger partial charge in [0.2, 0.25) is 0 Å². The van der Waals surface area contributed by atoms with E-state index in [0.717, 1.165) is 24.0 Å². The molecule has 3 unspecified atom stereocenters. The summed E-state index contributed by atoms with van der Waals surface area (Å²) in [7, 11) is 0. The van der Waals surface area contributed by atoms with Crippen molar-refractivity contribution in [3.8, 4) is 0 Å². The van der Waals surface area contributed by atoms with E-state index in [4.69, 9.17) is 0 Å². The molecule has 0 radical (unpaired) electrons. The number of piperazine rings is 1. The van der Waals surface area contributed by atoms with Gasteiger partial charge in [-0.25, -0.2) is 4.39 Å². The third kappa shape index (κ3) is 2.53. The molecule has 0 saturated carbocycles. The summed E-state index contributed by atoms with van der Waals surface area (Å²) < 4.78 is 13.1. The van der Waals surface area contributed by atoms with E-state index in [1.807, 2.05) is 6.92 Å². The van der Waals surface area contributed by atoms with Gasteiger partial charge in [0.15, 0.2) is 0 Å². The summed E-state index contributed by atoms with van der Waals surface area (Å²) in [5.41, 5.74) is 1.84. The summed E-state index contributed by atoms with van der Waals surface area (Å²) in [5, 5.41) is 6.56. The number of carbonyl (C=O) groups excluding carboxylic acids is 1. The van der Waals surface area contributed by atoms with Crippen molar-refractivity contribution in [1.29, 1.82) is 0 Å². The van der Waals surface area contributed by atoms with Gasteiger partial charge in [-0.3, -0.25) is 0 Å². The fourth-order valence-electron chi connectivity index (χ4n) is 2.30. The first-order valence-corrected chi connectivity index (χ1v) is 5.82. The number of aryl methyl sites for hydroxylation is 1. The number of rotatable bonds is 2. The van der Waals surface area contributed by atoms with E-state index in [9.17, 15) is 9.18 Å². The van der Waals surface area contributed by atoms with Crippen LogP contribution in [0.25, 0.3) is 0 Å². The maximum absolute atomic E-state index is 13.1. The van der Waals surface area contributed by atoms with Crippen LogP contribution in [0.4, 0.5) is 4.39 Å². The van der Waals surface area contributed by atoms with E-state index in [-0.39, 0.29) is 17.9 Å². The summed E-state index contributed by atoms with van der Waals surface area (Å²) >= 11 is 0. The van der Waals surface area contributed by atoms with Crippen LogP contribution in [0.3, 0.4) is 0 Å². The molecule has 1 aliphatic rings. The zero-order valence-corrected chi connectivity index (χ0v) is 10.0. The van der Waals surface area contributed by atoms with Crippen LogP contribution in [0, 0.1) is 12.7 Å². The van der Waals surface area contributed by atoms with Crippen molar-refractivity contribution in [2.75, 3.05) is 6.54 Å². The number of aldehydes is 1. The first kappa shape index (κ1) is 12.2. The lowest BCUT2D eigenvalue weighted by Gasteiger charge is -2.35. The Hall–Kier alpha value is -1.26. The number of hydrogen-bond donors (Lipinski definition) is 2. The van der Waals surface area contributed by atoms with Crippen LogP contribution in [0.15, 0.2) is 18.2 Å². The first-order valence-electron chi connectivity index (χ1n) is 5.82. The van der Waals surface area contributed by atoms with Gasteiger partial charge in [0.1, 0.15) is 12.1 Å². The van der Waals surface area contributed by atoms with Gasteiger partial charge in [-0.2, -0.15) is 0 Å². The summed E-state index contributed by atoms with van der Waals surface area (Å²) in [5.74, 6) is -0.245. The molecule has 3 nitrogen and oxygen atoms in total. The Balaban J connectivity index is 2.32. The Kier molecular flexibility index (Phi) is 3.54. The standard InChI is InChI=1S/C13H17FN2O/c1-8-5-10(14)3-4-11(8)13-12(7-17)15-6-9(2)16-13/h3-5,7,9,12-13,15-16H,6H2,1-2H3. The minimum Gasteiger partial charge on any atom is -0.305 e. The van der Waals surface area contributed by atoms with Gasteiger partial charge in [0, 0.05) is 12.6 Å².